The Hall–Kier alpha value is -2.33. The zero-order chi connectivity index (χ0) is 14.1. The molecule has 3 aromatic rings. The highest BCUT2D eigenvalue weighted by Crippen LogP contribution is 2.26. The Bertz CT molecular complexity index is 786. The lowest BCUT2D eigenvalue weighted by Gasteiger charge is -2.10. The van der Waals surface area contributed by atoms with E-state index in [9.17, 15) is 0 Å². The summed E-state index contributed by atoms with van der Waals surface area (Å²) in [5.41, 5.74) is 8.04. The van der Waals surface area contributed by atoms with E-state index in [1.807, 2.05) is 30.3 Å². The highest BCUT2D eigenvalue weighted by molar-refractivity contribution is 6.28. The molecule has 3 rings (SSSR count). The summed E-state index contributed by atoms with van der Waals surface area (Å²) in [6.45, 7) is 1.80. The molecule has 3 N–H and O–H groups in total. The molecule has 0 atom stereocenters. The first-order valence-electron chi connectivity index (χ1n) is 6.19. The molecule has 4 nitrogen and oxygen atoms in total. The van der Waals surface area contributed by atoms with Crippen LogP contribution in [-0.2, 0) is 0 Å². The summed E-state index contributed by atoms with van der Waals surface area (Å²) in [6, 6.07) is 14.2. The summed E-state index contributed by atoms with van der Waals surface area (Å²) < 4.78 is 0. The highest BCUT2D eigenvalue weighted by Gasteiger charge is 2.08. The Morgan fingerprint density at radius 3 is 2.60 bits per heavy atom. The fourth-order valence-electron chi connectivity index (χ4n) is 2.05. The van der Waals surface area contributed by atoms with Gasteiger partial charge in [0.1, 0.15) is 0 Å². The van der Waals surface area contributed by atoms with E-state index in [1.165, 1.54) is 5.39 Å². The SMILES string of the molecule is Cc1nc(Cl)nc(Nc2ccc3ccccc3c2)c1N. The Kier molecular flexibility index (Phi) is 3.16. The van der Waals surface area contributed by atoms with Crippen LogP contribution >= 0.6 is 11.6 Å². The number of fused-ring (bicyclic) bond motifs is 1. The largest absolute Gasteiger partial charge is 0.394 e. The second-order valence-corrected chi connectivity index (χ2v) is 4.87. The lowest BCUT2D eigenvalue weighted by Crippen LogP contribution is -2.03. The first-order chi connectivity index (χ1) is 9.63. The summed E-state index contributed by atoms with van der Waals surface area (Å²) >= 11 is 5.87. The van der Waals surface area contributed by atoms with Crippen molar-refractivity contribution in [2.75, 3.05) is 11.1 Å². The Morgan fingerprint density at radius 1 is 1.05 bits per heavy atom. The number of hydrogen-bond acceptors (Lipinski definition) is 4. The molecule has 0 aliphatic rings. The first-order valence-corrected chi connectivity index (χ1v) is 6.57. The van der Waals surface area contributed by atoms with Crippen molar-refractivity contribution < 1.29 is 0 Å². The van der Waals surface area contributed by atoms with Crippen molar-refractivity contribution in [3.63, 3.8) is 0 Å². The quantitative estimate of drug-likeness (QED) is 0.700. The van der Waals surface area contributed by atoms with E-state index in [2.05, 4.69) is 27.4 Å². The molecular weight excluding hydrogens is 272 g/mol. The van der Waals surface area contributed by atoms with Gasteiger partial charge in [-0.15, -0.1) is 0 Å². The van der Waals surface area contributed by atoms with Gasteiger partial charge in [-0.3, -0.25) is 0 Å². The van der Waals surface area contributed by atoms with Crippen LogP contribution in [0.5, 0.6) is 0 Å². The van der Waals surface area contributed by atoms with E-state index in [-0.39, 0.29) is 5.28 Å². The molecule has 0 aliphatic carbocycles. The van der Waals surface area contributed by atoms with Crippen LogP contribution in [0.2, 0.25) is 5.28 Å². The average molecular weight is 285 g/mol. The molecule has 0 aliphatic heterocycles. The molecule has 0 spiro atoms. The standard InChI is InChI=1S/C15H13ClN4/c1-9-13(17)14(20-15(16)18-9)19-12-7-6-10-4-2-3-5-11(10)8-12/h2-8H,17H2,1H3,(H,18,19,20). The minimum atomic E-state index is 0.181. The maximum atomic E-state index is 5.97. The molecule has 0 bridgehead atoms. The van der Waals surface area contributed by atoms with Gasteiger partial charge in [0.25, 0.3) is 0 Å². The van der Waals surface area contributed by atoms with Crippen molar-refractivity contribution in [3.8, 4) is 0 Å². The number of rotatable bonds is 2. The van der Waals surface area contributed by atoms with Crippen molar-refractivity contribution in [1.29, 1.82) is 0 Å². The number of aryl methyl sites for hydroxylation is 1. The van der Waals surface area contributed by atoms with Gasteiger partial charge in [-0.2, -0.15) is 4.98 Å². The molecular formula is C15H13ClN4. The Labute approximate surface area is 121 Å². The minimum Gasteiger partial charge on any atom is -0.394 e. The number of hydrogen-bond donors (Lipinski definition) is 2. The van der Waals surface area contributed by atoms with Crippen molar-refractivity contribution in [2.45, 2.75) is 6.92 Å². The van der Waals surface area contributed by atoms with E-state index >= 15 is 0 Å². The number of nitrogens with zero attached hydrogens (tertiary/aromatic N) is 2. The summed E-state index contributed by atoms with van der Waals surface area (Å²) in [5, 5.41) is 5.70. The van der Waals surface area contributed by atoms with Gasteiger partial charge in [0.05, 0.1) is 11.4 Å². The lowest BCUT2D eigenvalue weighted by atomic mass is 10.1. The van der Waals surface area contributed by atoms with Gasteiger partial charge < -0.3 is 11.1 Å². The number of halogens is 1. The Balaban J connectivity index is 2.01. The van der Waals surface area contributed by atoms with Crippen LogP contribution in [0.1, 0.15) is 5.69 Å². The molecule has 5 heteroatoms. The number of benzene rings is 2. The molecule has 0 saturated heterocycles. The molecule has 0 amide bonds. The molecule has 0 saturated carbocycles. The van der Waals surface area contributed by atoms with Crippen LogP contribution < -0.4 is 11.1 Å². The predicted molar refractivity (Wildman–Crippen MR) is 83.4 cm³/mol. The van der Waals surface area contributed by atoms with Crippen molar-refractivity contribution in [3.05, 3.63) is 53.4 Å². The van der Waals surface area contributed by atoms with E-state index in [0.29, 0.717) is 17.2 Å². The number of anilines is 3. The molecule has 0 unspecified atom stereocenters. The van der Waals surface area contributed by atoms with Gasteiger partial charge >= 0.3 is 0 Å². The molecule has 1 aromatic heterocycles. The second-order valence-electron chi connectivity index (χ2n) is 4.53. The van der Waals surface area contributed by atoms with Crippen molar-refractivity contribution in [1.82, 2.24) is 9.97 Å². The zero-order valence-corrected chi connectivity index (χ0v) is 11.6. The highest BCUT2D eigenvalue weighted by atomic mass is 35.5. The van der Waals surface area contributed by atoms with Gasteiger partial charge in [0, 0.05) is 5.69 Å². The fraction of sp³-hybridized carbons (Fsp3) is 0.0667. The molecule has 1 heterocycles. The van der Waals surface area contributed by atoms with E-state index in [1.54, 1.807) is 6.92 Å². The van der Waals surface area contributed by atoms with Gasteiger partial charge in [-0.25, -0.2) is 4.98 Å². The van der Waals surface area contributed by atoms with Crippen LogP contribution in [0.15, 0.2) is 42.5 Å². The van der Waals surface area contributed by atoms with Gasteiger partial charge in [0.15, 0.2) is 5.82 Å². The maximum absolute atomic E-state index is 5.97. The lowest BCUT2D eigenvalue weighted by molar-refractivity contribution is 1.11. The van der Waals surface area contributed by atoms with Crippen LogP contribution in [0.3, 0.4) is 0 Å². The number of nitrogen functional groups attached to an aromatic ring is 1. The predicted octanol–water partition coefficient (Wildman–Crippen LogP) is 3.92. The summed E-state index contributed by atoms with van der Waals surface area (Å²) in [6.07, 6.45) is 0. The average Bonchev–Trinajstić information content (AvgIpc) is 2.44. The third kappa shape index (κ3) is 2.38. The molecule has 0 radical (unpaired) electrons. The smallest absolute Gasteiger partial charge is 0.224 e. The van der Waals surface area contributed by atoms with Crippen LogP contribution in [0, 0.1) is 6.92 Å². The van der Waals surface area contributed by atoms with E-state index in [4.69, 9.17) is 17.3 Å². The summed E-state index contributed by atoms with van der Waals surface area (Å²) in [5.74, 6) is 0.526. The minimum absolute atomic E-state index is 0.181. The number of nitrogens with two attached hydrogens (primary N) is 1. The van der Waals surface area contributed by atoms with Gasteiger partial charge in [-0.05, 0) is 41.4 Å². The topological polar surface area (TPSA) is 63.8 Å². The summed E-state index contributed by atoms with van der Waals surface area (Å²) in [7, 11) is 0. The Morgan fingerprint density at radius 2 is 1.80 bits per heavy atom. The molecule has 0 fully saturated rings. The van der Waals surface area contributed by atoms with Crippen LogP contribution in [-0.4, -0.2) is 9.97 Å². The first kappa shape index (κ1) is 12.7. The third-order valence-corrected chi connectivity index (χ3v) is 3.29. The van der Waals surface area contributed by atoms with Crippen molar-refractivity contribution in [2.24, 2.45) is 0 Å². The summed E-state index contributed by atoms with van der Waals surface area (Å²) in [4.78, 5) is 8.14. The fourth-order valence-corrected chi connectivity index (χ4v) is 2.26. The number of nitrogens with one attached hydrogen (secondary N) is 1. The molecule has 20 heavy (non-hydrogen) atoms. The van der Waals surface area contributed by atoms with Crippen LogP contribution in [0.4, 0.5) is 17.2 Å². The van der Waals surface area contributed by atoms with Crippen molar-refractivity contribution >= 4 is 39.6 Å². The van der Waals surface area contributed by atoms with E-state index < -0.39 is 0 Å². The molecule has 100 valence electrons. The molecule has 2 aromatic carbocycles. The maximum Gasteiger partial charge on any atom is 0.224 e. The third-order valence-electron chi connectivity index (χ3n) is 3.12. The zero-order valence-electron chi connectivity index (χ0n) is 10.9. The second kappa shape index (κ2) is 4.98. The van der Waals surface area contributed by atoms with Gasteiger partial charge in [0.2, 0.25) is 5.28 Å². The normalized spacial score (nSPS) is 10.7. The van der Waals surface area contributed by atoms with Gasteiger partial charge in [-0.1, -0.05) is 30.3 Å². The van der Waals surface area contributed by atoms with Crippen LogP contribution in [0.25, 0.3) is 10.8 Å². The number of aromatic nitrogens is 2. The van der Waals surface area contributed by atoms with E-state index in [0.717, 1.165) is 11.1 Å². The monoisotopic (exact) mass is 284 g/mol.